The molecule has 0 aromatic heterocycles. The number of hydrogen-bond acceptors (Lipinski definition) is 5. The van der Waals surface area contributed by atoms with Crippen LogP contribution in [0.1, 0.15) is 20.3 Å². The summed E-state index contributed by atoms with van der Waals surface area (Å²) in [6.45, 7) is 3.54. The van der Waals surface area contributed by atoms with Crippen LogP contribution in [0, 0.1) is 4.91 Å². The van der Waals surface area contributed by atoms with E-state index in [2.05, 4.69) is 20.2 Å². The third-order valence-corrected chi connectivity index (χ3v) is 0.947. The van der Waals surface area contributed by atoms with E-state index < -0.39 is 11.7 Å². The number of nitrogens with zero attached hydrogens (tertiary/aromatic N) is 2. The quantitative estimate of drug-likeness (QED) is 0.205. The fourth-order valence-corrected chi connectivity index (χ4v) is 0.422. The Kier molecular flexibility index (Phi) is 5.72. The van der Waals surface area contributed by atoms with Crippen LogP contribution in [0.2, 0.25) is 0 Å². The first kappa shape index (κ1) is 10.7. The zero-order chi connectivity index (χ0) is 9.40. The van der Waals surface area contributed by atoms with Gasteiger partial charge in [0.05, 0.1) is 11.9 Å². The Labute approximate surface area is 69.4 Å². The van der Waals surface area contributed by atoms with Gasteiger partial charge in [-0.25, -0.2) is 0 Å². The van der Waals surface area contributed by atoms with Gasteiger partial charge in [0.25, 0.3) is 0 Å². The summed E-state index contributed by atoms with van der Waals surface area (Å²) >= 11 is 0. The number of carbonyl (C=O) groups is 1. The van der Waals surface area contributed by atoms with Crippen LogP contribution >= 0.6 is 0 Å². The topological polar surface area (TPSA) is 77.3 Å². The molecule has 0 aliphatic rings. The van der Waals surface area contributed by atoms with Crippen molar-refractivity contribution in [2.24, 2.45) is 10.4 Å². The normalized spacial score (nSPS) is 11.0. The summed E-state index contributed by atoms with van der Waals surface area (Å²) in [6.07, 6.45) is 0.182. The Bertz CT molecular complexity index is 190. The molecule has 0 fully saturated rings. The highest BCUT2D eigenvalue weighted by atomic mass is 17.2. The largest absolute Gasteiger partial charge is 0.320 e. The van der Waals surface area contributed by atoms with Crippen LogP contribution in [-0.2, 0) is 14.6 Å². The van der Waals surface area contributed by atoms with Crippen LogP contribution in [-0.4, -0.2) is 18.3 Å². The first-order valence-corrected chi connectivity index (χ1v) is 3.49. The minimum Gasteiger partial charge on any atom is -0.311 e. The number of Topliss-reactive ketones (excluding diaryl/α,β-unsaturated/α-hetero) is 1. The fraction of sp³-hybridized carbons (Fsp3) is 0.667. The molecule has 0 aliphatic heterocycles. The fourth-order valence-electron chi connectivity index (χ4n) is 0.422. The monoisotopic (exact) mass is 174 g/mol. The second-order valence-electron chi connectivity index (χ2n) is 1.75. The van der Waals surface area contributed by atoms with E-state index in [9.17, 15) is 9.70 Å². The molecule has 12 heavy (non-hydrogen) atoms. The van der Waals surface area contributed by atoms with Gasteiger partial charge in [-0.15, -0.1) is 4.91 Å². The van der Waals surface area contributed by atoms with Crippen molar-refractivity contribution in [2.75, 3.05) is 6.61 Å². The van der Waals surface area contributed by atoms with Crippen LogP contribution in [0.15, 0.2) is 10.4 Å². The van der Waals surface area contributed by atoms with Gasteiger partial charge in [-0.1, -0.05) is 12.0 Å². The summed E-state index contributed by atoms with van der Waals surface area (Å²) in [5.41, 5.74) is 0. The lowest BCUT2D eigenvalue weighted by Gasteiger charge is -2.00. The Balaban J connectivity index is 4.13. The molecule has 0 unspecified atom stereocenters. The maximum Gasteiger partial charge on any atom is 0.320 e. The van der Waals surface area contributed by atoms with Crippen molar-refractivity contribution in [3.63, 3.8) is 0 Å². The van der Waals surface area contributed by atoms with E-state index in [1.807, 2.05) is 0 Å². The predicted molar refractivity (Wildman–Crippen MR) is 41.2 cm³/mol. The zero-order valence-corrected chi connectivity index (χ0v) is 6.94. The van der Waals surface area contributed by atoms with Crippen LogP contribution in [0.5, 0.6) is 0 Å². The molecule has 0 aromatic carbocycles. The van der Waals surface area contributed by atoms with Crippen molar-refractivity contribution in [3.8, 4) is 0 Å². The van der Waals surface area contributed by atoms with Crippen molar-refractivity contribution in [3.05, 3.63) is 4.91 Å². The second kappa shape index (κ2) is 6.41. The van der Waals surface area contributed by atoms with E-state index in [4.69, 9.17) is 0 Å². The van der Waals surface area contributed by atoms with Gasteiger partial charge in [0.15, 0.2) is 0 Å². The van der Waals surface area contributed by atoms with Crippen LogP contribution in [0.4, 0.5) is 0 Å². The minimum atomic E-state index is -0.428. The lowest BCUT2D eigenvalue weighted by molar-refractivity contribution is -0.218. The molecule has 0 saturated carbocycles. The highest BCUT2D eigenvalue weighted by Gasteiger charge is 2.12. The van der Waals surface area contributed by atoms with Crippen LogP contribution < -0.4 is 0 Å². The number of ketones is 1. The number of nitroso groups, excluding NO2 is 1. The summed E-state index contributed by atoms with van der Waals surface area (Å²) in [5.74, 6) is -0.836. The van der Waals surface area contributed by atoms with Gasteiger partial charge in [0.1, 0.15) is 0 Å². The first-order chi connectivity index (χ1) is 5.76. The summed E-state index contributed by atoms with van der Waals surface area (Å²) in [6, 6.07) is 0. The third-order valence-electron chi connectivity index (χ3n) is 0.947. The van der Waals surface area contributed by atoms with E-state index in [0.29, 0.717) is 0 Å². The van der Waals surface area contributed by atoms with E-state index in [0.717, 1.165) is 0 Å². The smallest absolute Gasteiger partial charge is 0.311 e. The minimum absolute atomic E-state index is 0.182. The van der Waals surface area contributed by atoms with Crippen molar-refractivity contribution in [1.29, 1.82) is 0 Å². The molecular weight excluding hydrogens is 164 g/mol. The standard InChI is InChI=1S/C6H10N2O4/c1-3-5(9)6(7-8-10)12-11-4-2/h3-4H2,1-2H3/b7-6+. The maximum absolute atomic E-state index is 10.9. The average molecular weight is 174 g/mol. The highest BCUT2D eigenvalue weighted by Crippen LogP contribution is 1.92. The molecule has 0 atom stereocenters. The van der Waals surface area contributed by atoms with Crippen molar-refractivity contribution < 1.29 is 14.6 Å². The molecule has 0 aliphatic carbocycles. The lowest BCUT2D eigenvalue weighted by atomic mass is 10.3. The Hall–Kier alpha value is -1.30. The van der Waals surface area contributed by atoms with Gasteiger partial charge in [-0.2, -0.15) is 4.89 Å². The molecule has 0 saturated heterocycles. The van der Waals surface area contributed by atoms with Crippen LogP contribution in [0.3, 0.4) is 0 Å². The Morgan fingerprint density at radius 1 is 1.42 bits per heavy atom. The van der Waals surface area contributed by atoms with E-state index in [1.54, 1.807) is 13.8 Å². The molecule has 68 valence electrons. The summed E-state index contributed by atoms with van der Waals surface area (Å²) in [4.78, 5) is 29.4. The predicted octanol–water partition coefficient (Wildman–Crippen LogP) is 1.01. The molecule has 0 spiro atoms. The number of rotatable bonds is 5. The summed E-state index contributed by atoms with van der Waals surface area (Å²) in [7, 11) is 0. The van der Waals surface area contributed by atoms with Crippen molar-refractivity contribution in [1.82, 2.24) is 0 Å². The van der Waals surface area contributed by atoms with Crippen LogP contribution in [0.25, 0.3) is 0 Å². The first-order valence-electron chi connectivity index (χ1n) is 3.49. The maximum atomic E-state index is 10.9. The SMILES string of the molecule is CCOO/C(=N/N=O)C(=O)CC. The second-order valence-corrected chi connectivity index (χ2v) is 1.75. The Morgan fingerprint density at radius 2 is 2.08 bits per heavy atom. The van der Waals surface area contributed by atoms with E-state index >= 15 is 0 Å². The number of carbonyl (C=O) groups excluding carboxylic acids is 1. The average Bonchev–Trinajstić information content (AvgIpc) is 2.11. The van der Waals surface area contributed by atoms with Gasteiger partial charge in [0.2, 0.25) is 5.78 Å². The molecule has 0 aromatic rings. The van der Waals surface area contributed by atoms with E-state index in [1.165, 1.54) is 0 Å². The molecular formula is C6H10N2O4. The molecule has 0 heterocycles. The van der Waals surface area contributed by atoms with Gasteiger partial charge < -0.3 is 4.89 Å². The third kappa shape index (κ3) is 3.77. The lowest BCUT2D eigenvalue weighted by Crippen LogP contribution is -2.16. The van der Waals surface area contributed by atoms with Gasteiger partial charge in [-0.05, 0) is 6.92 Å². The van der Waals surface area contributed by atoms with Crippen molar-refractivity contribution >= 4 is 11.7 Å². The molecule has 0 N–H and O–H groups in total. The van der Waals surface area contributed by atoms with E-state index in [-0.39, 0.29) is 13.0 Å². The van der Waals surface area contributed by atoms with Gasteiger partial charge in [-0.3, -0.25) is 4.79 Å². The summed E-state index contributed by atoms with van der Waals surface area (Å²) < 4.78 is 0. The highest BCUT2D eigenvalue weighted by molar-refractivity contribution is 6.35. The molecule has 0 amide bonds. The van der Waals surface area contributed by atoms with Gasteiger partial charge in [0, 0.05) is 6.42 Å². The van der Waals surface area contributed by atoms with Crippen molar-refractivity contribution in [2.45, 2.75) is 20.3 Å². The molecule has 6 heteroatoms. The van der Waals surface area contributed by atoms with Gasteiger partial charge >= 0.3 is 5.90 Å². The molecule has 0 radical (unpaired) electrons. The molecule has 0 bridgehead atoms. The Morgan fingerprint density at radius 3 is 2.50 bits per heavy atom. The molecule has 0 rings (SSSR count). The summed E-state index contributed by atoms with van der Waals surface area (Å²) in [5, 5.41) is 5.09. The molecule has 6 nitrogen and oxygen atoms in total. The zero-order valence-electron chi connectivity index (χ0n) is 6.94. The number of hydrogen-bond donors (Lipinski definition) is 0.